The smallest absolute Gasteiger partial charge is 0.169 e. The lowest BCUT2D eigenvalue weighted by Gasteiger charge is -2.26. The summed E-state index contributed by atoms with van der Waals surface area (Å²) in [5.41, 5.74) is 1.22. The van der Waals surface area contributed by atoms with Gasteiger partial charge < -0.3 is 10.2 Å². The first kappa shape index (κ1) is 13.3. The third kappa shape index (κ3) is 3.95. The summed E-state index contributed by atoms with van der Waals surface area (Å²) in [5.74, 6) is 0.613. The molecule has 1 aromatic heterocycles. The Morgan fingerprint density at radius 3 is 2.89 bits per heavy atom. The molecular weight excluding hydrogens is 242 g/mol. The molecule has 1 heterocycles. The van der Waals surface area contributed by atoms with Crippen molar-refractivity contribution < 1.29 is 0 Å². The van der Waals surface area contributed by atoms with Gasteiger partial charge >= 0.3 is 0 Å². The van der Waals surface area contributed by atoms with Crippen LogP contribution in [0.4, 0.5) is 0 Å². The Morgan fingerprint density at radius 1 is 1.56 bits per heavy atom. The molecule has 0 amide bonds. The van der Waals surface area contributed by atoms with E-state index >= 15 is 0 Å². The van der Waals surface area contributed by atoms with Crippen LogP contribution in [-0.4, -0.2) is 27.6 Å². The van der Waals surface area contributed by atoms with E-state index in [2.05, 4.69) is 35.1 Å². The van der Waals surface area contributed by atoms with Crippen molar-refractivity contribution in [1.82, 2.24) is 15.2 Å². The number of thiocarbonyl (C=S) groups is 1. The molecule has 0 bridgehead atoms. The molecule has 3 nitrogen and oxygen atoms in total. The predicted molar refractivity (Wildman–Crippen MR) is 78.2 cm³/mol. The number of hydrogen-bond acceptors (Lipinski definition) is 2. The van der Waals surface area contributed by atoms with Crippen LogP contribution in [0.5, 0.6) is 0 Å². The van der Waals surface area contributed by atoms with Crippen LogP contribution >= 0.6 is 12.2 Å². The van der Waals surface area contributed by atoms with Crippen molar-refractivity contribution in [2.24, 2.45) is 5.92 Å². The molecule has 0 aromatic carbocycles. The molecule has 0 atom stereocenters. The second-order valence-electron chi connectivity index (χ2n) is 5.30. The normalized spacial score (nSPS) is 14.6. The standard InChI is InChI=1S/C14H21N3S/c1-11(2)8-16-14(18)17(13-5-6-13)10-12-4-3-7-15-9-12/h3-4,7,9,11,13H,5-6,8,10H2,1-2H3,(H,16,18). The lowest BCUT2D eigenvalue weighted by Crippen LogP contribution is -2.42. The molecule has 1 aliphatic carbocycles. The highest BCUT2D eigenvalue weighted by atomic mass is 32.1. The zero-order valence-electron chi connectivity index (χ0n) is 11.1. The number of rotatable bonds is 5. The zero-order valence-corrected chi connectivity index (χ0v) is 11.9. The largest absolute Gasteiger partial charge is 0.362 e. The van der Waals surface area contributed by atoms with Crippen LogP contribution in [0.15, 0.2) is 24.5 Å². The highest BCUT2D eigenvalue weighted by Crippen LogP contribution is 2.28. The topological polar surface area (TPSA) is 28.2 Å². The fourth-order valence-corrected chi connectivity index (χ4v) is 2.13. The SMILES string of the molecule is CC(C)CNC(=S)N(Cc1cccnc1)C1CC1. The second kappa shape index (κ2) is 6.14. The molecule has 1 N–H and O–H groups in total. The first-order valence-corrected chi connectivity index (χ1v) is 7.01. The van der Waals surface area contributed by atoms with E-state index in [1.165, 1.54) is 18.4 Å². The highest BCUT2D eigenvalue weighted by molar-refractivity contribution is 7.80. The van der Waals surface area contributed by atoms with Crippen molar-refractivity contribution in [2.75, 3.05) is 6.54 Å². The Morgan fingerprint density at radius 2 is 2.33 bits per heavy atom. The van der Waals surface area contributed by atoms with Crippen molar-refractivity contribution in [3.63, 3.8) is 0 Å². The minimum Gasteiger partial charge on any atom is -0.362 e. The lowest BCUT2D eigenvalue weighted by molar-refractivity contribution is 0.392. The lowest BCUT2D eigenvalue weighted by atomic mass is 10.2. The molecule has 0 radical (unpaired) electrons. The minimum absolute atomic E-state index is 0.613. The summed E-state index contributed by atoms with van der Waals surface area (Å²) in [4.78, 5) is 6.46. The van der Waals surface area contributed by atoms with Gasteiger partial charge in [0.05, 0.1) is 0 Å². The molecule has 1 aromatic rings. The van der Waals surface area contributed by atoms with Crippen molar-refractivity contribution in [1.29, 1.82) is 0 Å². The van der Waals surface area contributed by atoms with Crippen LogP contribution in [0.2, 0.25) is 0 Å². The van der Waals surface area contributed by atoms with E-state index in [9.17, 15) is 0 Å². The van der Waals surface area contributed by atoms with Gasteiger partial charge in [0.15, 0.2) is 5.11 Å². The van der Waals surface area contributed by atoms with E-state index in [0.717, 1.165) is 18.2 Å². The molecule has 0 aliphatic heterocycles. The third-order valence-corrected chi connectivity index (χ3v) is 3.36. The maximum absolute atomic E-state index is 5.50. The molecule has 0 spiro atoms. The van der Waals surface area contributed by atoms with Crippen molar-refractivity contribution in [2.45, 2.75) is 39.3 Å². The van der Waals surface area contributed by atoms with Gasteiger partial charge in [-0.15, -0.1) is 0 Å². The first-order valence-electron chi connectivity index (χ1n) is 6.60. The molecule has 18 heavy (non-hydrogen) atoms. The predicted octanol–water partition coefficient (Wildman–Crippen LogP) is 2.58. The van der Waals surface area contributed by atoms with Crippen LogP contribution in [0.25, 0.3) is 0 Å². The number of nitrogens with zero attached hydrogens (tertiary/aromatic N) is 2. The maximum Gasteiger partial charge on any atom is 0.169 e. The molecule has 98 valence electrons. The molecular formula is C14H21N3S. The maximum atomic E-state index is 5.50. The molecule has 2 rings (SSSR count). The van der Waals surface area contributed by atoms with Crippen LogP contribution in [-0.2, 0) is 6.54 Å². The summed E-state index contributed by atoms with van der Waals surface area (Å²) in [6.45, 7) is 6.19. The average Bonchev–Trinajstić information content (AvgIpc) is 3.18. The van der Waals surface area contributed by atoms with E-state index < -0.39 is 0 Å². The van der Waals surface area contributed by atoms with Crippen molar-refractivity contribution >= 4 is 17.3 Å². The van der Waals surface area contributed by atoms with Gasteiger partial charge in [-0.3, -0.25) is 4.98 Å². The van der Waals surface area contributed by atoms with Gasteiger partial charge in [-0.1, -0.05) is 19.9 Å². The van der Waals surface area contributed by atoms with Crippen LogP contribution in [0, 0.1) is 5.92 Å². The zero-order chi connectivity index (χ0) is 13.0. The molecule has 4 heteroatoms. The van der Waals surface area contributed by atoms with E-state index in [1.807, 2.05) is 12.3 Å². The van der Waals surface area contributed by atoms with Crippen LogP contribution in [0.3, 0.4) is 0 Å². The molecule has 1 fully saturated rings. The summed E-state index contributed by atoms with van der Waals surface area (Å²) in [6, 6.07) is 4.70. The number of pyridine rings is 1. The summed E-state index contributed by atoms with van der Waals surface area (Å²) in [5, 5.41) is 4.25. The summed E-state index contributed by atoms with van der Waals surface area (Å²) < 4.78 is 0. The van der Waals surface area contributed by atoms with E-state index in [0.29, 0.717) is 12.0 Å². The Labute approximate surface area is 115 Å². The fourth-order valence-electron chi connectivity index (χ4n) is 1.83. The first-order chi connectivity index (χ1) is 8.66. The van der Waals surface area contributed by atoms with Gasteiger partial charge in [-0.2, -0.15) is 0 Å². The summed E-state index contributed by atoms with van der Waals surface area (Å²) >= 11 is 5.50. The van der Waals surface area contributed by atoms with Crippen LogP contribution in [0.1, 0.15) is 32.3 Å². The monoisotopic (exact) mass is 263 g/mol. The summed E-state index contributed by atoms with van der Waals surface area (Å²) in [7, 11) is 0. The van der Waals surface area contributed by atoms with Crippen LogP contribution < -0.4 is 5.32 Å². The highest BCUT2D eigenvalue weighted by Gasteiger charge is 2.30. The van der Waals surface area contributed by atoms with Gasteiger partial charge in [0.2, 0.25) is 0 Å². The second-order valence-corrected chi connectivity index (χ2v) is 5.69. The van der Waals surface area contributed by atoms with E-state index in [-0.39, 0.29) is 0 Å². The number of nitrogens with one attached hydrogen (secondary N) is 1. The Balaban J connectivity index is 1.94. The Bertz CT molecular complexity index is 387. The summed E-state index contributed by atoms with van der Waals surface area (Å²) in [6.07, 6.45) is 6.23. The molecule has 1 aliphatic rings. The van der Waals surface area contributed by atoms with Gasteiger partial charge in [-0.25, -0.2) is 0 Å². The third-order valence-electron chi connectivity index (χ3n) is 2.99. The molecule has 0 unspecified atom stereocenters. The van der Waals surface area contributed by atoms with Gasteiger partial charge in [0.25, 0.3) is 0 Å². The van der Waals surface area contributed by atoms with Crippen molar-refractivity contribution in [3.05, 3.63) is 30.1 Å². The van der Waals surface area contributed by atoms with Gasteiger partial charge in [-0.05, 0) is 42.6 Å². The van der Waals surface area contributed by atoms with Gasteiger partial charge in [0.1, 0.15) is 0 Å². The van der Waals surface area contributed by atoms with Crippen molar-refractivity contribution in [3.8, 4) is 0 Å². The Hall–Kier alpha value is -1.16. The van der Waals surface area contributed by atoms with Gasteiger partial charge in [0, 0.05) is 31.5 Å². The average molecular weight is 263 g/mol. The van der Waals surface area contributed by atoms with E-state index in [1.54, 1.807) is 6.20 Å². The quantitative estimate of drug-likeness (QED) is 0.827. The minimum atomic E-state index is 0.613. The van der Waals surface area contributed by atoms with E-state index in [4.69, 9.17) is 12.2 Å². The number of hydrogen-bond donors (Lipinski definition) is 1. The molecule has 1 saturated carbocycles. The Kier molecular flexibility index (Phi) is 4.53. The fraction of sp³-hybridized carbons (Fsp3) is 0.571. The number of aromatic nitrogens is 1. The molecule has 0 saturated heterocycles.